The zero-order valence-corrected chi connectivity index (χ0v) is 10.6. The molecular formula is C10H5Cl2N5O2. The molecule has 3 rings (SSSR count). The number of halogens is 2. The molecule has 0 saturated heterocycles. The van der Waals surface area contributed by atoms with Crippen molar-refractivity contribution in [2.45, 2.75) is 0 Å². The monoisotopic (exact) mass is 297 g/mol. The van der Waals surface area contributed by atoms with Crippen LogP contribution >= 0.6 is 23.2 Å². The maximum absolute atomic E-state index is 11.6. The van der Waals surface area contributed by atoms with Crippen LogP contribution in [0, 0.1) is 0 Å². The highest BCUT2D eigenvalue weighted by atomic mass is 35.5. The Hall–Kier alpha value is -2.12. The minimum atomic E-state index is -0.629. The summed E-state index contributed by atoms with van der Waals surface area (Å²) in [7, 11) is 0. The highest BCUT2D eigenvalue weighted by molar-refractivity contribution is 6.34. The molecule has 0 aliphatic heterocycles. The summed E-state index contributed by atoms with van der Waals surface area (Å²) in [6.45, 7) is 0. The maximum atomic E-state index is 11.6. The fourth-order valence-corrected chi connectivity index (χ4v) is 2.08. The molecule has 0 aliphatic carbocycles. The molecule has 96 valence electrons. The second-order valence-corrected chi connectivity index (χ2v) is 4.43. The van der Waals surface area contributed by atoms with Gasteiger partial charge < -0.3 is 4.98 Å². The molecule has 3 N–H and O–H groups in total. The quantitative estimate of drug-likeness (QED) is 0.589. The summed E-state index contributed by atoms with van der Waals surface area (Å²) in [5.41, 5.74) is -0.413. The number of fused-ring (bicyclic) bond motifs is 1. The largest absolute Gasteiger partial charge is 0.332 e. The fourth-order valence-electron chi connectivity index (χ4n) is 1.65. The molecule has 0 aromatic carbocycles. The summed E-state index contributed by atoms with van der Waals surface area (Å²) in [5, 5.41) is 0.390. The first-order valence-electron chi connectivity index (χ1n) is 5.09. The van der Waals surface area contributed by atoms with E-state index in [2.05, 4.69) is 24.9 Å². The molecule has 0 saturated carbocycles. The van der Waals surface area contributed by atoms with Crippen molar-refractivity contribution < 1.29 is 0 Å². The summed E-state index contributed by atoms with van der Waals surface area (Å²) >= 11 is 11.6. The molecule has 0 unspecified atom stereocenters. The Bertz CT molecular complexity index is 895. The third-order valence-electron chi connectivity index (χ3n) is 2.46. The number of imidazole rings is 1. The molecule has 3 heterocycles. The lowest BCUT2D eigenvalue weighted by molar-refractivity contribution is 1.07. The van der Waals surface area contributed by atoms with Gasteiger partial charge in [-0.1, -0.05) is 23.2 Å². The van der Waals surface area contributed by atoms with E-state index in [9.17, 15) is 9.59 Å². The second kappa shape index (κ2) is 4.22. The number of aromatic amines is 3. The first-order chi connectivity index (χ1) is 9.04. The predicted molar refractivity (Wildman–Crippen MR) is 70.6 cm³/mol. The Labute approximate surface area is 114 Å². The average molecular weight is 298 g/mol. The van der Waals surface area contributed by atoms with Gasteiger partial charge in [0.2, 0.25) is 0 Å². The van der Waals surface area contributed by atoms with Crippen LogP contribution in [-0.2, 0) is 0 Å². The zero-order chi connectivity index (χ0) is 13.6. The Morgan fingerprint density at radius 2 is 1.79 bits per heavy atom. The number of hydrogen-bond acceptors (Lipinski definition) is 4. The Balaban J connectivity index is 2.29. The summed E-state index contributed by atoms with van der Waals surface area (Å²) in [6.07, 6.45) is 0. The van der Waals surface area contributed by atoms with Crippen molar-refractivity contribution in [3.8, 4) is 11.4 Å². The van der Waals surface area contributed by atoms with Crippen LogP contribution in [0.3, 0.4) is 0 Å². The minimum absolute atomic E-state index is 0.144. The summed E-state index contributed by atoms with van der Waals surface area (Å²) in [6, 6.07) is 3.16. The van der Waals surface area contributed by atoms with Gasteiger partial charge >= 0.3 is 5.69 Å². The molecule has 3 aromatic rings. The molecule has 19 heavy (non-hydrogen) atoms. The van der Waals surface area contributed by atoms with Gasteiger partial charge in [-0.25, -0.2) is 14.8 Å². The topological polar surface area (TPSA) is 107 Å². The number of rotatable bonds is 1. The summed E-state index contributed by atoms with van der Waals surface area (Å²) in [4.78, 5) is 38.0. The predicted octanol–water partition coefficient (Wildman–Crippen LogP) is 1.31. The van der Waals surface area contributed by atoms with Crippen LogP contribution in [0.25, 0.3) is 22.6 Å². The van der Waals surface area contributed by atoms with Crippen molar-refractivity contribution in [3.63, 3.8) is 0 Å². The molecule has 3 aromatic heterocycles. The van der Waals surface area contributed by atoms with Crippen LogP contribution in [0.1, 0.15) is 0 Å². The first kappa shape index (κ1) is 11.9. The van der Waals surface area contributed by atoms with Crippen LogP contribution in [0.5, 0.6) is 0 Å². The Kier molecular flexibility index (Phi) is 2.65. The lowest BCUT2D eigenvalue weighted by Gasteiger charge is -1.99. The number of nitrogens with zero attached hydrogens (tertiary/aromatic N) is 2. The van der Waals surface area contributed by atoms with Crippen molar-refractivity contribution >= 4 is 34.4 Å². The van der Waals surface area contributed by atoms with Gasteiger partial charge in [0, 0.05) is 0 Å². The molecule has 0 radical (unpaired) electrons. The van der Waals surface area contributed by atoms with Crippen molar-refractivity contribution in [3.05, 3.63) is 43.3 Å². The van der Waals surface area contributed by atoms with Gasteiger partial charge in [-0.2, -0.15) is 0 Å². The highest BCUT2D eigenvalue weighted by Gasteiger charge is 2.12. The molecule has 7 nitrogen and oxygen atoms in total. The van der Waals surface area contributed by atoms with Crippen LogP contribution in [0.4, 0.5) is 0 Å². The Morgan fingerprint density at radius 3 is 2.53 bits per heavy atom. The van der Waals surface area contributed by atoms with E-state index in [0.29, 0.717) is 11.4 Å². The van der Waals surface area contributed by atoms with Crippen molar-refractivity contribution in [2.24, 2.45) is 0 Å². The van der Waals surface area contributed by atoms with Crippen LogP contribution < -0.4 is 11.2 Å². The Morgan fingerprint density at radius 1 is 1.00 bits per heavy atom. The van der Waals surface area contributed by atoms with Gasteiger partial charge in [-0.05, 0) is 12.1 Å². The number of aromatic nitrogens is 5. The maximum Gasteiger partial charge on any atom is 0.327 e. The van der Waals surface area contributed by atoms with Crippen LogP contribution in [-0.4, -0.2) is 24.9 Å². The lowest BCUT2D eigenvalue weighted by atomic mass is 10.3. The number of H-pyrrole nitrogens is 3. The highest BCUT2D eigenvalue weighted by Crippen LogP contribution is 2.25. The van der Waals surface area contributed by atoms with Gasteiger partial charge in [-0.15, -0.1) is 0 Å². The third-order valence-corrected chi connectivity index (χ3v) is 2.96. The molecule has 0 spiro atoms. The molecule has 0 atom stereocenters. The van der Waals surface area contributed by atoms with Gasteiger partial charge in [0.15, 0.2) is 5.65 Å². The first-order valence-corrected chi connectivity index (χ1v) is 5.85. The SMILES string of the molecule is O=c1[nH]c(=O)c2[nH]c(-c3ccc(Cl)nc3Cl)nc2[nH]1. The third kappa shape index (κ3) is 2.02. The van der Waals surface area contributed by atoms with E-state index in [0.717, 1.165) is 0 Å². The molecule has 0 fully saturated rings. The van der Waals surface area contributed by atoms with Gasteiger partial charge in [0.25, 0.3) is 5.56 Å². The molecule has 0 bridgehead atoms. The number of pyridine rings is 1. The fraction of sp³-hybridized carbons (Fsp3) is 0. The minimum Gasteiger partial charge on any atom is -0.332 e. The van der Waals surface area contributed by atoms with Crippen LogP contribution in [0.2, 0.25) is 10.3 Å². The van der Waals surface area contributed by atoms with E-state index in [4.69, 9.17) is 23.2 Å². The van der Waals surface area contributed by atoms with E-state index in [1.807, 2.05) is 0 Å². The standard InChI is InChI=1S/C10H5Cl2N5O2/c11-4-2-1-3(6(12)13-4)7-14-5-8(15-7)16-10(19)17-9(5)18/h1-2H,(H3,14,15,16,17,18,19). The smallest absolute Gasteiger partial charge is 0.327 e. The second-order valence-electron chi connectivity index (χ2n) is 3.69. The molecular weight excluding hydrogens is 293 g/mol. The zero-order valence-electron chi connectivity index (χ0n) is 9.12. The van der Waals surface area contributed by atoms with E-state index in [1.54, 1.807) is 12.1 Å². The van der Waals surface area contributed by atoms with E-state index in [-0.39, 0.29) is 21.5 Å². The number of nitrogens with one attached hydrogen (secondary N) is 3. The van der Waals surface area contributed by atoms with Crippen molar-refractivity contribution in [2.75, 3.05) is 0 Å². The normalized spacial score (nSPS) is 11.1. The van der Waals surface area contributed by atoms with Crippen molar-refractivity contribution in [1.82, 2.24) is 24.9 Å². The van der Waals surface area contributed by atoms with E-state index in [1.165, 1.54) is 0 Å². The van der Waals surface area contributed by atoms with Gasteiger partial charge in [0.05, 0.1) is 5.56 Å². The lowest BCUT2D eigenvalue weighted by Crippen LogP contribution is -2.21. The summed E-state index contributed by atoms with van der Waals surface area (Å²) in [5.74, 6) is 0.316. The molecule has 9 heteroatoms. The van der Waals surface area contributed by atoms with Crippen molar-refractivity contribution in [1.29, 1.82) is 0 Å². The van der Waals surface area contributed by atoms with E-state index >= 15 is 0 Å². The number of hydrogen-bond donors (Lipinski definition) is 3. The molecule has 0 aliphatic rings. The van der Waals surface area contributed by atoms with Crippen LogP contribution in [0.15, 0.2) is 21.7 Å². The van der Waals surface area contributed by atoms with E-state index < -0.39 is 11.2 Å². The average Bonchev–Trinajstić information content (AvgIpc) is 2.72. The van der Waals surface area contributed by atoms with Gasteiger partial charge in [0.1, 0.15) is 21.6 Å². The van der Waals surface area contributed by atoms with Gasteiger partial charge in [-0.3, -0.25) is 14.8 Å². The molecule has 0 amide bonds. The summed E-state index contributed by atoms with van der Waals surface area (Å²) < 4.78 is 0.